The van der Waals surface area contributed by atoms with Gasteiger partial charge in [-0.2, -0.15) is 0 Å². The van der Waals surface area contributed by atoms with Gasteiger partial charge in [-0.15, -0.1) is 0 Å². The van der Waals surface area contributed by atoms with Gasteiger partial charge in [0.1, 0.15) is 23.5 Å². The number of unbranched alkanes of at least 4 members (excludes halogenated alkanes) is 2. The summed E-state index contributed by atoms with van der Waals surface area (Å²) < 4.78 is 8.81. The minimum atomic E-state index is -1.26. The molecule has 4 rings (SSSR count). The van der Waals surface area contributed by atoms with Crippen LogP contribution in [-0.4, -0.2) is 61.9 Å². The van der Waals surface area contributed by atoms with Crippen LogP contribution in [0.15, 0.2) is 24.7 Å². The van der Waals surface area contributed by atoms with E-state index in [4.69, 9.17) is 4.74 Å². The average molecular weight is 611 g/mol. The number of hydrogen-bond donors (Lipinski definition) is 2. The van der Waals surface area contributed by atoms with Gasteiger partial charge in [0.05, 0.1) is 12.6 Å². The van der Waals surface area contributed by atoms with Crippen molar-refractivity contribution in [3.05, 3.63) is 30.2 Å². The van der Waals surface area contributed by atoms with Crippen LogP contribution in [0.25, 0.3) is 5.65 Å². The first-order chi connectivity index (χ1) is 20.8. The monoisotopic (exact) mass is 610 g/mol. The smallest absolute Gasteiger partial charge is 0.405 e. The lowest BCUT2D eigenvalue weighted by Crippen LogP contribution is -2.57. The van der Waals surface area contributed by atoms with Crippen molar-refractivity contribution in [3.8, 4) is 5.75 Å². The summed E-state index contributed by atoms with van der Waals surface area (Å²) in [6.45, 7) is 13.8. The largest absolute Gasteiger partial charge is 0.488 e. The molecule has 0 bridgehead atoms. The summed E-state index contributed by atoms with van der Waals surface area (Å²) in [7, 11) is 0. The zero-order valence-electron chi connectivity index (χ0n) is 27.8. The molecule has 244 valence electrons. The Morgan fingerprint density at radius 1 is 1.16 bits per heavy atom. The molecule has 6 atom stereocenters. The van der Waals surface area contributed by atoms with E-state index in [2.05, 4.69) is 23.4 Å². The molecule has 0 aromatic carbocycles. The molecule has 1 aliphatic carbocycles. The average Bonchev–Trinajstić information content (AvgIpc) is 3.68. The highest BCUT2D eigenvalue weighted by molar-refractivity contribution is 5.94. The minimum Gasteiger partial charge on any atom is -0.488 e. The Morgan fingerprint density at radius 2 is 1.91 bits per heavy atom. The molecule has 9 nitrogen and oxygen atoms in total. The summed E-state index contributed by atoms with van der Waals surface area (Å²) in [4.78, 5) is 45.4. The highest BCUT2D eigenvalue weighted by Crippen LogP contribution is 2.37. The zero-order valence-corrected chi connectivity index (χ0v) is 27.8. The van der Waals surface area contributed by atoms with E-state index in [1.165, 1.54) is 38.5 Å². The van der Waals surface area contributed by atoms with Crippen LogP contribution in [0.1, 0.15) is 105 Å². The van der Waals surface area contributed by atoms with Crippen LogP contribution >= 0.6 is 0 Å². The van der Waals surface area contributed by atoms with Crippen molar-refractivity contribution in [2.75, 3.05) is 6.54 Å². The summed E-state index contributed by atoms with van der Waals surface area (Å²) in [6.07, 6.45) is 14.6. The van der Waals surface area contributed by atoms with E-state index in [1.807, 2.05) is 58.2 Å². The van der Waals surface area contributed by atoms with Crippen LogP contribution in [0.3, 0.4) is 0 Å². The highest BCUT2D eigenvalue weighted by atomic mass is 16.5. The summed E-state index contributed by atoms with van der Waals surface area (Å²) in [6, 6.07) is 0.285. The maximum Gasteiger partial charge on any atom is 0.405 e. The van der Waals surface area contributed by atoms with E-state index in [0.717, 1.165) is 41.6 Å². The van der Waals surface area contributed by atoms with E-state index in [1.54, 1.807) is 11.1 Å². The quantitative estimate of drug-likeness (QED) is 0.242. The van der Waals surface area contributed by atoms with Gasteiger partial charge in [0.15, 0.2) is 5.78 Å². The molecule has 0 spiro atoms. The van der Waals surface area contributed by atoms with Gasteiger partial charge in [-0.25, -0.2) is 9.78 Å². The van der Waals surface area contributed by atoms with Crippen molar-refractivity contribution in [2.24, 2.45) is 29.1 Å². The predicted octanol–water partition coefficient (Wildman–Crippen LogP) is 6.77. The second-order valence-electron chi connectivity index (χ2n) is 14.6. The molecule has 3 unspecified atom stereocenters. The molecule has 44 heavy (non-hydrogen) atoms. The third kappa shape index (κ3) is 7.75. The number of Topliss-reactive ketones (excluding diaryl/α,β-unsaturated/α-hetero) is 1. The molecule has 2 aliphatic rings. The normalized spacial score (nSPS) is 24.6. The second-order valence-corrected chi connectivity index (χ2v) is 14.6. The first-order valence-corrected chi connectivity index (χ1v) is 16.8. The lowest BCUT2D eigenvalue weighted by Gasteiger charge is -2.35. The second kappa shape index (κ2) is 14.3. The van der Waals surface area contributed by atoms with Crippen molar-refractivity contribution in [2.45, 2.75) is 124 Å². The van der Waals surface area contributed by atoms with Crippen molar-refractivity contribution >= 4 is 23.4 Å². The fraction of sp³-hybridized carbons (Fsp3) is 0.714. The Kier molecular flexibility index (Phi) is 11.0. The van der Waals surface area contributed by atoms with Crippen LogP contribution in [0.2, 0.25) is 0 Å². The van der Waals surface area contributed by atoms with Crippen molar-refractivity contribution in [1.82, 2.24) is 19.6 Å². The third-order valence-electron chi connectivity index (χ3n) is 10.0. The van der Waals surface area contributed by atoms with Crippen molar-refractivity contribution in [3.63, 3.8) is 0 Å². The molecule has 3 heterocycles. The Bertz CT molecular complexity index is 1300. The maximum absolute atomic E-state index is 14.0. The Balaban J connectivity index is 1.56. The van der Waals surface area contributed by atoms with E-state index >= 15 is 0 Å². The summed E-state index contributed by atoms with van der Waals surface area (Å²) in [5, 5.41) is 12.0. The number of imidazole rings is 1. The molecule has 2 aromatic heterocycles. The molecule has 1 saturated heterocycles. The summed E-state index contributed by atoms with van der Waals surface area (Å²) in [5.74, 6) is 1.55. The molecular formula is C35H54N4O5. The maximum atomic E-state index is 14.0. The zero-order chi connectivity index (χ0) is 32.2. The van der Waals surface area contributed by atoms with Gasteiger partial charge in [-0.1, -0.05) is 87.0 Å². The molecule has 2 N–H and O–H groups in total. The third-order valence-corrected chi connectivity index (χ3v) is 10.0. The predicted molar refractivity (Wildman–Crippen MR) is 172 cm³/mol. The number of ether oxygens (including phenoxy) is 1. The van der Waals surface area contributed by atoms with Crippen LogP contribution in [0, 0.1) is 29.1 Å². The fourth-order valence-corrected chi connectivity index (χ4v) is 7.36. The summed E-state index contributed by atoms with van der Waals surface area (Å²) in [5.41, 5.74) is 1.19. The molecule has 2 aromatic rings. The van der Waals surface area contributed by atoms with Gasteiger partial charge in [0.2, 0.25) is 5.91 Å². The van der Waals surface area contributed by atoms with Crippen molar-refractivity contribution < 1.29 is 24.2 Å². The number of nitrogens with one attached hydrogen (secondary N) is 1. The minimum absolute atomic E-state index is 0.0280. The van der Waals surface area contributed by atoms with Crippen LogP contribution in [-0.2, 0) is 16.0 Å². The first-order valence-electron chi connectivity index (χ1n) is 16.8. The number of aryl methyl sites for hydroxylation is 1. The van der Waals surface area contributed by atoms with E-state index in [-0.39, 0.29) is 30.1 Å². The number of pyridine rings is 1. The molecule has 2 fully saturated rings. The number of amides is 2. The number of aromatic nitrogens is 2. The van der Waals surface area contributed by atoms with Crippen LogP contribution in [0.4, 0.5) is 4.79 Å². The van der Waals surface area contributed by atoms with Crippen molar-refractivity contribution in [1.29, 1.82) is 0 Å². The van der Waals surface area contributed by atoms with Gasteiger partial charge in [0, 0.05) is 42.1 Å². The molecular weight excluding hydrogens is 556 g/mol. The summed E-state index contributed by atoms with van der Waals surface area (Å²) >= 11 is 0. The van der Waals surface area contributed by atoms with Gasteiger partial charge in [-0.3, -0.25) is 9.59 Å². The van der Waals surface area contributed by atoms with Gasteiger partial charge in [0.25, 0.3) is 0 Å². The Labute approximate surface area is 263 Å². The van der Waals surface area contributed by atoms with Crippen LogP contribution in [0.5, 0.6) is 5.75 Å². The number of rotatable bonds is 13. The number of likely N-dealkylation sites (tertiary alicyclic amines) is 1. The molecule has 2 amide bonds. The van der Waals surface area contributed by atoms with Gasteiger partial charge >= 0.3 is 6.09 Å². The number of carbonyl (C=O) groups excluding carboxylic acids is 2. The number of ketones is 1. The lowest BCUT2D eigenvalue weighted by molar-refractivity contribution is -0.143. The Hall–Kier alpha value is -3.10. The molecule has 0 radical (unpaired) electrons. The Morgan fingerprint density at radius 3 is 2.52 bits per heavy atom. The molecule has 9 heteroatoms. The van der Waals surface area contributed by atoms with Crippen LogP contribution < -0.4 is 10.1 Å². The van der Waals surface area contributed by atoms with E-state index < -0.39 is 29.7 Å². The number of hydrogen-bond acceptors (Lipinski definition) is 5. The number of carboxylic acid groups (broad SMARTS) is 1. The first kappa shape index (κ1) is 33.8. The highest BCUT2D eigenvalue weighted by Gasteiger charge is 2.51. The van der Waals surface area contributed by atoms with E-state index in [9.17, 15) is 19.5 Å². The van der Waals surface area contributed by atoms with Gasteiger partial charge < -0.3 is 24.5 Å². The lowest BCUT2D eigenvalue weighted by atomic mass is 9.84. The number of nitrogens with zero attached hydrogens (tertiary/aromatic N) is 3. The van der Waals surface area contributed by atoms with E-state index in [0.29, 0.717) is 6.42 Å². The fourth-order valence-electron chi connectivity index (χ4n) is 7.36. The standard InChI is InChI=1S/C35H54N4O5/c1-8-26-28(21-39(30(26)31(40)22(2)3)33(41)32(35(5,6)7)37-34(42)43)44-27-19-29-36-17-18-38(29)20-25(27)15-11-9-10-14-24-16-12-13-23(24)4/h17-20,22-24,26,28,30,32,37H,8-16,21H2,1-7H3,(H,42,43)/t23?,24-,26-,28?,30+,32?/m1/s1. The molecule has 1 saturated carbocycles. The topological polar surface area (TPSA) is 113 Å². The number of carbonyl (C=O) groups is 3. The SMILES string of the molecule is CC[C@@H]1C(Oc2cc3nccn3cc2CCCCC[C@@H]2CCCC2C)CN(C(=O)C(NC(=O)O)C(C)(C)C)[C@@H]1C(=O)C(C)C. The van der Waals surface area contributed by atoms with Gasteiger partial charge in [-0.05, 0) is 36.5 Å². The number of fused-ring (bicyclic) bond motifs is 1. The molecule has 1 aliphatic heterocycles.